The van der Waals surface area contributed by atoms with Crippen LogP contribution in [0.2, 0.25) is 0 Å². The number of aliphatic hydroxyl groups is 2. The number of likely N-dealkylation sites (N-methyl/N-ethyl adjacent to an activating group) is 1. The molecule has 5 nitrogen and oxygen atoms in total. The Labute approximate surface area is 101 Å². The van der Waals surface area contributed by atoms with E-state index in [9.17, 15) is 0 Å². The van der Waals surface area contributed by atoms with Gasteiger partial charge in [0.25, 0.3) is 0 Å². The van der Waals surface area contributed by atoms with E-state index in [1.165, 1.54) is 0 Å². The molecule has 0 radical (unpaired) electrons. The Kier molecular flexibility index (Phi) is 5.76. The number of hydrogen-bond donors (Lipinski definition) is 3. The molecule has 0 aliphatic rings. The lowest BCUT2D eigenvalue weighted by molar-refractivity contribution is 0.185. The summed E-state index contributed by atoms with van der Waals surface area (Å²) in [5, 5.41) is 20.9. The van der Waals surface area contributed by atoms with Crippen LogP contribution in [0.4, 0.5) is 0 Å². The third kappa shape index (κ3) is 3.89. The molecule has 0 aromatic heterocycles. The molecule has 0 saturated heterocycles. The highest BCUT2D eigenvalue weighted by molar-refractivity contribution is 5.42. The lowest BCUT2D eigenvalue weighted by Gasteiger charge is -2.16. The maximum absolute atomic E-state index is 9.01. The van der Waals surface area contributed by atoms with Crippen molar-refractivity contribution in [2.24, 2.45) is 0 Å². The molecule has 1 rings (SSSR count). The molecule has 5 heteroatoms. The second kappa shape index (κ2) is 7.11. The van der Waals surface area contributed by atoms with Crippen molar-refractivity contribution >= 4 is 0 Å². The Morgan fingerprint density at radius 1 is 1.29 bits per heavy atom. The van der Waals surface area contributed by atoms with Crippen LogP contribution in [0.15, 0.2) is 18.2 Å². The van der Waals surface area contributed by atoms with Gasteiger partial charge in [-0.05, 0) is 24.7 Å². The minimum atomic E-state index is -0.114. The third-order valence-electron chi connectivity index (χ3n) is 2.48. The first-order valence-electron chi connectivity index (χ1n) is 5.43. The van der Waals surface area contributed by atoms with Crippen LogP contribution in [0.5, 0.6) is 11.5 Å². The molecular weight excluding hydrogens is 222 g/mol. The lowest BCUT2D eigenvalue weighted by Crippen LogP contribution is -2.35. The van der Waals surface area contributed by atoms with E-state index >= 15 is 0 Å². The molecule has 0 aliphatic heterocycles. The summed E-state index contributed by atoms with van der Waals surface area (Å²) in [4.78, 5) is 0. The Morgan fingerprint density at radius 2 is 2.06 bits per heavy atom. The third-order valence-corrected chi connectivity index (χ3v) is 2.48. The quantitative estimate of drug-likeness (QED) is 0.633. The van der Waals surface area contributed by atoms with Gasteiger partial charge in [0, 0.05) is 0 Å². The van der Waals surface area contributed by atoms with Gasteiger partial charge in [0.1, 0.15) is 6.61 Å². The summed E-state index contributed by atoms with van der Waals surface area (Å²) in [5.74, 6) is 1.17. The average Bonchev–Trinajstić information content (AvgIpc) is 2.39. The monoisotopic (exact) mass is 241 g/mol. The highest BCUT2D eigenvalue weighted by Crippen LogP contribution is 2.28. The van der Waals surface area contributed by atoms with Crippen molar-refractivity contribution in [3.63, 3.8) is 0 Å². The molecule has 1 atom stereocenters. The fourth-order valence-electron chi connectivity index (χ4n) is 1.35. The number of rotatable bonds is 7. The van der Waals surface area contributed by atoms with Gasteiger partial charge in [0.15, 0.2) is 11.5 Å². The van der Waals surface area contributed by atoms with Crippen molar-refractivity contribution in [3.8, 4) is 11.5 Å². The molecule has 0 amide bonds. The van der Waals surface area contributed by atoms with Crippen LogP contribution < -0.4 is 14.8 Å². The first-order chi connectivity index (χ1) is 8.24. The van der Waals surface area contributed by atoms with Crippen LogP contribution >= 0.6 is 0 Å². The van der Waals surface area contributed by atoms with Gasteiger partial charge in [-0.3, -0.25) is 0 Å². The van der Waals surface area contributed by atoms with Gasteiger partial charge < -0.3 is 25.0 Å². The Morgan fingerprint density at radius 3 is 2.59 bits per heavy atom. The normalized spacial score (nSPS) is 12.2. The van der Waals surface area contributed by atoms with Gasteiger partial charge in [0.05, 0.1) is 26.4 Å². The molecular formula is C12H19NO4. The Hall–Kier alpha value is -1.30. The van der Waals surface area contributed by atoms with Crippen LogP contribution in [0, 0.1) is 0 Å². The van der Waals surface area contributed by atoms with Crippen LogP contribution in [0.25, 0.3) is 0 Å². The standard InChI is InChI=1S/C12H19NO4/c1-13-10(7-15)8-17-11-4-3-9(6-14)5-12(11)16-2/h3-5,10,13-15H,6-8H2,1-2H3. The predicted molar refractivity (Wildman–Crippen MR) is 64.3 cm³/mol. The summed E-state index contributed by atoms with van der Waals surface area (Å²) in [7, 11) is 3.31. The number of nitrogens with one attached hydrogen (secondary N) is 1. The summed E-state index contributed by atoms with van der Waals surface area (Å²) in [6.45, 7) is 0.321. The van der Waals surface area contributed by atoms with Crippen molar-refractivity contribution < 1.29 is 19.7 Å². The fourth-order valence-corrected chi connectivity index (χ4v) is 1.35. The minimum Gasteiger partial charge on any atom is -0.493 e. The molecule has 0 aliphatic carbocycles. The molecule has 0 fully saturated rings. The topological polar surface area (TPSA) is 71.0 Å². The molecule has 0 heterocycles. The largest absolute Gasteiger partial charge is 0.493 e. The van der Waals surface area contributed by atoms with E-state index in [2.05, 4.69) is 5.32 Å². The van der Waals surface area contributed by atoms with Crippen molar-refractivity contribution in [2.75, 3.05) is 27.4 Å². The molecule has 0 spiro atoms. The molecule has 17 heavy (non-hydrogen) atoms. The fraction of sp³-hybridized carbons (Fsp3) is 0.500. The summed E-state index contributed by atoms with van der Waals surface area (Å²) in [6, 6.07) is 5.12. The molecule has 1 aromatic rings. The number of benzene rings is 1. The summed E-state index contributed by atoms with van der Waals surface area (Å²) >= 11 is 0. The smallest absolute Gasteiger partial charge is 0.161 e. The first kappa shape index (κ1) is 13.8. The number of hydrogen-bond acceptors (Lipinski definition) is 5. The SMILES string of the molecule is CNC(CO)COc1ccc(CO)cc1OC. The second-order valence-electron chi connectivity index (χ2n) is 3.62. The molecule has 96 valence electrons. The van der Waals surface area contributed by atoms with Gasteiger partial charge in [-0.2, -0.15) is 0 Å². The van der Waals surface area contributed by atoms with Crippen molar-refractivity contribution in [2.45, 2.75) is 12.6 Å². The van der Waals surface area contributed by atoms with Gasteiger partial charge in [0.2, 0.25) is 0 Å². The molecule has 1 unspecified atom stereocenters. The predicted octanol–water partition coefficient (Wildman–Crippen LogP) is 0.147. The van der Waals surface area contributed by atoms with E-state index in [-0.39, 0.29) is 19.3 Å². The molecule has 1 aromatic carbocycles. The maximum atomic E-state index is 9.01. The van der Waals surface area contributed by atoms with Crippen LogP contribution in [-0.4, -0.2) is 43.6 Å². The van der Waals surface area contributed by atoms with E-state index in [1.807, 2.05) is 0 Å². The van der Waals surface area contributed by atoms with Crippen molar-refractivity contribution in [3.05, 3.63) is 23.8 Å². The molecule has 3 N–H and O–H groups in total. The Bertz CT molecular complexity index is 339. The molecule has 0 bridgehead atoms. The summed E-state index contributed by atoms with van der Waals surface area (Å²) in [5.41, 5.74) is 0.765. The van der Waals surface area contributed by atoms with E-state index in [4.69, 9.17) is 19.7 Å². The van der Waals surface area contributed by atoms with E-state index < -0.39 is 0 Å². The van der Waals surface area contributed by atoms with Gasteiger partial charge >= 0.3 is 0 Å². The van der Waals surface area contributed by atoms with Gasteiger partial charge in [-0.15, -0.1) is 0 Å². The first-order valence-corrected chi connectivity index (χ1v) is 5.43. The average molecular weight is 241 g/mol. The van der Waals surface area contributed by atoms with Crippen molar-refractivity contribution in [1.29, 1.82) is 0 Å². The number of aliphatic hydroxyl groups excluding tert-OH is 2. The van der Waals surface area contributed by atoms with E-state index in [0.29, 0.717) is 18.1 Å². The van der Waals surface area contributed by atoms with Crippen LogP contribution in [-0.2, 0) is 6.61 Å². The maximum Gasteiger partial charge on any atom is 0.161 e. The van der Waals surface area contributed by atoms with Gasteiger partial charge in [-0.1, -0.05) is 6.07 Å². The highest BCUT2D eigenvalue weighted by atomic mass is 16.5. The summed E-state index contributed by atoms with van der Waals surface area (Å²) in [6.07, 6.45) is 0. The zero-order valence-electron chi connectivity index (χ0n) is 10.1. The highest BCUT2D eigenvalue weighted by Gasteiger charge is 2.09. The Balaban J connectivity index is 2.70. The summed E-state index contributed by atoms with van der Waals surface area (Å²) < 4.78 is 10.7. The van der Waals surface area contributed by atoms with Crippen LogP contribution in [0.3, 0.4) is 0 Å². The number of ether oxygens (including phenoxy) is 2. The van der Waals surface area contributed by atoms with Crippen molar-refractivity contribution in [1.82, 2.24) is 5.32 Å². The lowest BCUT2D eigenvalue weighted by atomic mass is 10.2. The van der Waals surface area contributed by atoms with E-state index in [0.717, 1.165) is 5.56 Å². The second-order valence-corrected chi connectivity index (χ2v) is 3.62. The van der Waals surface area contributed by atoms with E-state index in [1.54, 1.807) is 32.4 Å². The van der Waals surface area contributed by atoms with Crippen LogP contribution in [0.1, 0.15) is 5.56 Å². The zero-order chi connectivity index (χ0) is 12.7. The van der Waals surface area contributed by atoms with Gasteiger partial charge in [-0.25, -0.2) is 0 Å². The minimum absolute atomic E-state index is 0.00748. The number of methoxy groups -OCH3 is 1. The molecule has 0 saturated carbocycles. The zero-order valence-corrected chi connectivity index (χ0v) is 10.1.